The third kappa shape index (κ3) is 4.55. The van der Waals surface area contributed by atoms with E-state index >= 15 is 0 Å². The summed E-state index contributed by atoms with van der Waals surface area (Å²) >= 11 is 0. The molecule has 2 rings (SSSR count). The summed E-state index contributed by atoms with van der Waals surface area (Å²) in [5, 5.41) is 5.35. The maximum atomic E-state index is 12.0. The maximum Gasteiger partial charge on any atom is 0.321 e. The lowest BCUT2D eigenvalue weighted by molar-refractivity contribution is 0.234. The minimum atomic E-state index is -0.397. The number of nitrogens with one attached hydrogen (secondary N) is 2. The monoisotopic (exact) mass is 330 g/mol. The predicted octanol–water partition coefficient (Wildman–Crippen LogP) is 3.48. The lowest BCUT2D eigenvalue weighted by atomic mass is 10.1. The molecule has 2 amide bonds. The normalized spacial score (nSPS) is 10.0. The van der Waals surface area contributed by atoms with Crippen LogP contribution in [-0.4, -0.2) is 27.0 Å². The first-order valence-corrected chi connectivity index (χ1v) is 7.50. The molecule has 0 aliphatic heterocycles. The second-order valence-electron chi connectivity index (χ2n) is 5.25. The van der Waals surface area contributed by atoms with Crippen molar-refractivity contribution >= 4 is 11.7 Å². The van der Waals surface area contributed by atoms with Crippen LogP contribution in [0.4, 0.5) is 10.5 Å². The van der Waals surface area contributed by atoms with Crippen molar-refractivity contribution < 1.29 is 19.0 Å². The maximum absolute atomic E-state index is 12.0. The summed E-state index contributed by atoms with van der Waals surface area (Å²) in [6.45, 7) is 4.04. The average Bonchev–Trinajstić information content (AvgIpc) is 2.56. The molecule has 2 aromatic carbocycles. The zero-order chi connectivity index (χ0) is 17.5. The van der Waals surface area contributed by atoms with Crippen LogP contribution in [0, 0.1) is 13.8 Å². The second kappa shape index (κ2) is 8.10. The van der Waals surface area contributed by atoms with Crippen LogP contribution in [0.15, 0.2) is 36.4 Å². The lowest BCUT2D eigenvalue weighted by Gasteiger charge is -2.13. The number of aryl methyl sites for hydroxylation is 2. The first kappa shape index (κ1) is 17.5. The van der Waals surface area contributed by atoms with Crippen LogP contribution in [-0.2, 0) is 0 Å². The van der Waals surface area contributed by atoms with Crippen LogP contribution in [0.5, 0.6) is 17.2 Å². The fraction of sp³-hybridized carbons (Fsp3) is 0.278. The molecule has 6 heteroatoms. The van der Waals surface area contributed by atoms with Crippen LogP contribution >= 0.6 is 0 Å². The van der Waals surface area contributed by atoms with Gasteiger partial charge in [0.15, 0.2) is 6.73 Å². The Kier molecular flexibility index (Phi) is 5.89. The van der Waals surface area contributed by atoms with Gasteiger partial charge in [-0.3, -0.25) is 0 Å². The molecule has 128 valence electrons. The standard InChI is InChI=1S/C18H22N2O4/c1-12-5-7-16(13(2)9-12)24-11-19-18(21)20-15-10-14(22-3)6-8-17(15)23-4/h5-10H,11H2,1-4H3,(H2,19,20,21). The highest BCUT2D eigenvalue weighted by atomic mass is 16.5. The minimum Gasteiger partial charge on any atom is -0.497 e. The number of methoxy groups -OCH3 is 2. The molecule has 0 unspecified atom stereocenters. The molecule has 0 spiro atoms. The van der Waals surface area contributed by atoms with Gasteiger partial charge in [0.25, 0.3) is 0 Å². The molecule has 0 atom stereocenters. The Bertz CT molecular complexity index is 716. The van der Waals surface area contributed by atoms with Crippen LogP contribution in [0.3, 0.4) is 0 Å². The van der Waals surface area contributed by atoms with Crippen molar-refractivity contribution in [1.82, 2.24) is 5.32 Å². The summed E-state index contributed by atoms with van der Waals surface area (Å²) in [5.41, 5.74) is 2.70. The van der Waals surface area contributed by atoms with Crippen LogP contribution < -0.4 is 24.8 Å². The molecule has 0 fully saturated rings. The highest BCUT2D eigenvalue weighted by Gasteiger charge is 2.09. The van der Waals surface area contributed by atoms with E-state index in [0.29, 0.717) is 17.2 Å². The number of rotatable bonds is 6. The van der Waals surface area contributed by atoms with Gasteiger partial charge in [0, 0.05) is 6.07 Å². The number of hydrogen-bond donors (Lipinski definition) is 2. The number of anilines is 1. The van der Waals surface area contributed by atoms with E-state index in [4.69, 9.17) is 14.2 Å². The fourth-order valence-corrected chi connectivity index (χ4v) is 2.22. The molecular weight excluding hydrogens is 308 g/mol. The number of benzene rings is 2. The number of urea groups is 1. The van der Waals surface area contributed by atoms with E-state index in [-0.39, 0.29) is 6.73 Å². The third-order valence-corrected chi connectivity index (χ3v) is 3.45. The van der Waals surface area contributed by atoms with Gasteiger partial charge < -0.3 is 24.8 Å². The summed E-state index contributed by atoms with van der Waals surface area (Å²) in [4.78, 5) is 12.0. The molecule has 6 nitrogen and oxygen atoms in total. The Hall–Kier alpha value is -2.89. The molecule has 0 aromatic heterocycles. The van der Waals surface area contributed by atoms with E-state index in [2.05, 4.69) is 10.6 Å². The minimum absolute atomic E-state index is 0.0576. The Morgan fingerprint density at radius 2 is 1.75 bits per heavy atom. The number of ether oxygens (including phenoxy) is 3. The summed E-state index contributed by atoms with van der Waals surface area (Å²) in [7, 11) is 3.09. The van der Waals surface area contributed by atoms with Crippen molar-refractivity contribution in [3.05, 3.63) is 47.5 Å². The Labute approximate surface area is 141 Å². The first-order valence-electron chi connectivity index (χ1n) is 7.50. The van der Waals surface area contributed by atoms with E-state index in [9.17, 15) is 4.79 Å². The van der Waals surface area contributed by atoms with Crippen molar-refractivity contribution in [3.63, 3.8) is 0 Å². The van der Waals surface area contributed by atoms with Gasteiger partial charge in [0.1, 0.15) is 17.2 Å². The number of carbonyl (C=O) groups is 1. The average molecular weight is 330 g/mol. The second-order valence-corrected chi connectivity index (χ2v) is 5.25. The molecule has 0 radical (unpaired) electrons. The van der Waals surface area contributed by atoms with Crippen LogP contribution in [0.1, 0.15) is 11.1 Å². The summed E-state index contributed by atoms with van der Waals surface area (Å²) in [5.74, 6) is 1.90. The number of carbonyl (C=O) groups excluding carboxylic acids is 1. The van der Waals surface area contributed by atoms with Gasteiger partial charge in [-0.05, 0) is 37.6 Å². The summed E-state index contributed by atoms with van der Waals surface area (Å²) in [6, 6.07) is 10.6. The zero-order valence-corrected chi connectivity index (χ0v) is 14.3. The van der Waals surface area contributed by atoms with Crippen molar-refractivity contribution in [2.45, 2.75) is 13.8 Å². The van der Waals surface area contributed by atoms with Gasteiger partial charge in [0.05, 0.1) is 19.9 Å². The molecule has 2 N–H and O–H groups in total. The van der Waals surface area contributed by atoms with Gasteiger partial charge in [-0.1, -0.05) is 17.7 Å². The molecule has 0 bridgehead atoms. The number of amides is 2. The molecule has 0 saturated heterocycles. The van der Waals surface area contributed by atoms with Gasteiger partial charge in [0.2, 0.25) is 0 Å². The fourth-order valence-electron chi connectivity index (χ4n) is 2.22. The van der Waals surface area contributed by atoms with E-state index in [0.717, 1.165) is 16.9 Å². The van der Waals surface area contributed by atoms with Gasteiger partial charge in [-0.25, -0.2) is 4.79 Å². The summed E-state index contributed by atoms with van der Waals surface area (Å²) in [6.07, 6.45) is 0. The van der Waals surface area contributed by atoms with Gasteiger partial charge >= 0.3 is 6.03 Å². The van der Waals surface area contributed by atoms with E-state index < -0.39 is 6.03 Å². The topological polar surface area (TPSA) is 68.8 Å². The number of hydrogen-bond acceptors (Lipinski definition) is 4. The van der Waals surface area contributed by atoms with Gasteiger partial charge in [-0.15, -0.1) is 0 Å². The van der Waals surface area contributed by atoms with Crippen molar-refractivity contribution in [1.29, 1.82) is 0 Å². The zero-order valence-electron chi connectivity index (χ0n) is 14.3. The quantitative estimate of drug-likeness (QED) is 0.796. The molecule has 2 aromatic rings. The van der Waals surface area contributed by atoms with Crippen LogP contribution in [0.25, 0.3) is 0 Å². The van der Waals surface area contributed by atoms with Gasteiger partial charge in [-0.2, -0.15) is 0 Å². The smallest absolute Gasteiger partial charge is 0.321 e. The molecule has 0 heterocycles. The van der Waals surface area contributed by atoms with Crippen molar-refractivity contribution in [2.24, 2.45) is 0 Å². The lowest BCUT2D eigenvalue weighted by Crippen LogP contribution is -2.32. The predicted molar refractivity (Wildman–Crippen MR) is 93.1 cm³/mol. The molecule has 0 aliphatic carbocycles. The van der Waals surface area contributed by atoms with Crippen LogP contribution in [0.2, 0.25) is 0 Å². The highest BCUT2D eigenvalue weighted by molar-refractivity contribution is 5.91. The Morgan fingerprint density at radius 1 is 1.00 bits per heavy atom. The molecule has 0 aliphatic rings. The summed E-state index contributed by atoms with van der Waals surface area (Å²) < 4.78 is 15.9. The third-order valence-electron chi connectivity index (χ3n) is 3.45. The van der Waals surface area contributed by atoms with E-state index in [1.807, 2.05) is 32.0 Å². The van der Waals surface area contributed by atoms with Crippen molar-refractivity contribution in [2.75, 3.05) is 26.3 Å². The molecule has 24 heavy (non-hydrogen) atoms. The SMILES string of the molecule is COc1ccc(OC)c(NC(=O)NCOc2ccc(C)cc2C)c1. The van der Waals surface area contributed by atoms with E-state index in [1.165, 1.54) is 7.11 Å². The highest BCUT2D eigenvalue weighted by Crippen LogP contribution is 2.28. The largest absolute Gasteiger partial charge is 0.497 e. The molecule has 0 saturated carbocycles. The Morgan fingerprint density at radius 3 is 2.42 bits per heavy atom. The van der Waals surface area contributed by atoms with Crippen molar-refractivity contribution in [3.8, 4) is 17.2 Å². The first-order chi connectivity index (χ1) is 11.5. The Balaban J connectivity index is 1.91. The molecular formula is C18H22N2O4. The van der Waals surface area contributed by atoms with E-state index in [1.54, 1.807) is 25.3 Å².